The fourth-order valence-electron chi connectivity index (χ4n) is 4.28. The summed E-state index contributed by atoms with van der Waals surface area (Å²) in [5.74, 6) is 0.473. The molecular weight excluding hydrogens is 440 g/mol. The van der Waals surface area contributed by atoms with Crippen LogP contribution in [0, 0.1) is 0 Å². The van der Waals surface area contributed by atoms with Crippen LogP contribution in [0.4, 0.5) is 0 Å². The third kappa shape index (κ3) is 8.90. The van der Waals surface area contributed by atoms with Crippen molar-refractivity contribution in [1.29, 1.82) is 0 Å². The van der Waals surface area contributed by atoms with Crippen molar-refractivity contribution in [3.8, 4) is 17.0 Å². The van der Waals surface area contributed by atoms with Crippen molar-refractivity contribution in [2.75, 3.05) is 0 Å². The number of ether oxygens (including phenoxy) is 1. The first-order chi connectivity index (χ1) is 16.7. The van der Waals surface area contributed by atoms with E-state index < -0.39 is 0 Å². The molecule has 0 fully saturated rings. The molecule has 5 heteroatoms. The first kappa shape index (κ1) is 26.5. The lowest BCUT2D eigenvalue weighted by atomic mass is 10.1. The minimum absolute atomic E-state index is 0.137. The van der Waals surface area contributed by atoms with Crippen LogP contribution >= 0.6 is 11.3 Å². The molecule has 3 rings (SSSR count). The van der Waals surface area contributed by atoms with Gasteiger partial charge in [0.25, 0.3) is 0 Å². The minimum atomic E-state index is -0.137. The highest BCUT2D eigenvalue weighted by molar-refractivity contribution is 7.17. The Labute approximate surface area is 209 Å². The molecule has 0 bridgehead atoms. The molecule has 2 heterocycles. The Morgan fingerprint density at radius 3 is 2.09 bits per heavy atom. The van der Waals surface area contributed by atoms with E-state index in [-0.39, 0.29) is 5.97 Å². The molecule has 1 aromatic carbocycles. The molecule has 4 nitrogen and oxygen atoms in total. The smallest absolute Gasteiger partial charge is 0.311 e. The Hall–Kier alpha value is -2.14. The molecule has 186 valence electrons. The van der Waals surface area contributed by atoms with E-state index >= 15 is 0 Å². The van der Waals surface area contributed by atoms with Crippen LogP contribution in [0.1, 0.15) is 109 Å². The molecule has 0 unspecified atom stereocenters. The van der Waals surface area contributed by atoms with Crippen molar-refractivity contribution in [2.45, 2.75) is 110 Å². The summed E-state index contributed by atoms with van der Waals surface area (Å²) in [6.45, 7) is 4.49. The van der Waals surface area contributed by atoms with Gasteiger partial charge in [-0.3, -0.25) is 9.20 Å². The van der Waals surface area contributed by atoms with Crippen LogP contribution in [0.25, 0.3) is 16.2 Å². The van der Waals surface area contributed by atoms with Gasteiger partial charge < -0.3 is 4.74 Å². The zero-order valence-electron chi connectivity index (χ0n) is 21.2. The predicted octanol–water partition coefficient (Wildman–Crippen LogP) is 9.01. The summed E-state index contributed by atoms with van der Waals surface area (Å²) in [5.41, 5.74) is 2.00. The van der Waals surface area contributed by atoms with Gasteiger partial charge in [-0.25, -0.2) is 4.98 Å². The molecule has 0 N–H and O–H groups in total. The summed E-state index contributed by atoms with van der Waals surface area (Å²) < 4.78 is 7.66. The zero-order chi connectivity index (χ0) is 24.0. The first-order valence-corrected chi connectivity index (χ1v) is 14.3. The summed E-state index contributed by atoms with van der Waals surface area (Å²) in [4.78, 5) is 19.4. The lowest BCUT2D eigenvalue weighted by Gasteiger charge is -2.05. The molecule has 2 aromatic heterocycles. The number of hydrogen-bond acceptors (Lipinski definition) is 4. The number of benzene rings is 1. The molecule has 3 aromatic rings. The third-order valence-corrected chi connectivity index (χ3v) is 7.40. The fourth-order valence-corrected chi connectivity index (χ4v) is 5.28. The first-order valence-electron chi connectivity index (χ1n) is 13.5. The summed E-state index contributed by atoms with van der Waals surface area (Å²) in [6.07, 6.45) is 22.3. The average Bonchev–Trinajstić information content (AvgIpc) is 3.40. The highest BCUT2D eigenvalue weighted by Gasteiger charge is 2.10. The monoisotopic (exact) mass is 482 g/mol. The maximum absolute atomic E-state index is 12.1. The summed E-state index contributed by atoms with van der Waals surface area (Å²) in [7, 11) is 0. The van der Waals surface area contributed by atoms with Gasteiger partial charge in [-0.05, 0) is 43.5 Å². The Kier molecular flexibility index (Phi) is 11.7. The predicted molar refractivity (Wildman–Crippen MR) is 144 cm³/mol. The van der Waals surface area contributed by atoms with Gasteiger partial charge in [0.15, 0.2) is 4.96 Å². The van der Waals surface area contributed by atoms with Gasteiger partial charge in [-0.15, -0.1) is 11.3 Å². The van der Waals surface area contributed by atoms with Gasteiger partial charge in [0.1, 0.15) is 5.75 Å². The highest BCUT2D eigenvalue weighted by Crippen LogP contribution is 2.26. The van der Waals surface area contributed by atoms with E-state index in [9.17, 15) is 4.79 Å². The van der Waals surface area contributed by atoms with Crippen molar-refractivity contribution in [1.82, 2.24) is 9.38 Å². The highest BCUT2D eigenvalue weighted by atomic mass is 32.1. The average molecular weight is 483 g/mol. The van der Waals surface area contributed by atoms with E-state index in [1.54, 1.807) is 11.3 Å². The van der Waals surface area contributed by atoms with Crippen molar-refractivity contribution < 1.29 is 9.53 Å². The standard InChI is InChI=1S/C29H42N2O2S/c1-3-5-7-9-11-13-15-17-28(32)33-25-20-18-24(19-21-25)27-23-31-22-26(34-29(31)30-27)16-14-12-10-8-6-4-2/h18-23H,3-17H2,1-2H3. The quantitative estimate of drug-likeness (QED) is 0.109. The van der Waals surface area contributed by atoms with Gasteiger partial charge >= 0.3 is 5.97 Å². The SMILES string of the molecule is CCCCCCCCCC(=O)Oc1ccc(-c2cn3cc(CCCCCCCC)sc3n2)cc1. The van der Waals surface area contributed by atoms with Gasteiger partial charge in [0, 0.05) is 29.3 Å². The van der Waals surface area contributed by atoms with E-state index in [0.29, 0.717) is 12.2 Å². The maximum Gasteiger partial charge on any atom is 0.311 e. The second kappa shape index (κ2) is 15.0. The number of carbonyl (C=O) groups is 1. The number of imidazole rings is 1. The molecule has 0 saturated heterocycles. The number of aryl methyl sites for hydroxylation is 1. The van der Waals surface area contributed by atoms with Crippen LogP contribution in [-0.4, -0.2) is 15.4 Å². The van der Waals surface area contributed by atoms with E-state index in [4.69, 9.17) is 9.72 Å². The van der Waals surface area contributed by atoms with E-state index in [1.807, 2.05) is 24.3 Å². The molecule has 0 radical (unpaired) electrons. The Bertz CT molecular complexity index is 942. The molecule has 0 aliphatic heterocycles. The van der Waals surface area contributed by atoms with Crippen molar-refractivity contribution >= 4 is 22.3 Å². The molecule has 0 amide bonds. The number of hydrogen-bond donors (Lipinski definition) is 0. The topological polar surface area (TPSA) is 43.6 Å². The second-order valence-corrected chi connectivity index (χ2v) is 10.5. The largest absolute Gasteiger partial charge is 0.427 e. The molecule has 0 aliphatic rings. The van der Waals surface area contributed by atoms with Gasteiger partial charge in [-0.2, -0.15) is 0 Å². The van der Waals surface area contributed by atoms with Crippen LogP contribution in [0.2, 0.25) is 0 Å². The summed E-state index contributed by atoms with van der Waals surface area (Å²) >= 11 is 1.79. The van der Waals surface area contributed by atoms with Crippen LogP contribution in [0.3, 0.4) is 0 Å². The number of nitrogens with zero attached hydrogens (tertiary/aromatic N) is 2. The van der Waals surface area contributed by atoms with Crippen molar-refractivity contribution in [3.05, 3.63) is 41.5 Å². The number of fused-ring (bicyclic) bond motifs is 1. The number of esters is 1. The lowest BCUT2D eigenvalue weighted by Crippen LogP contribution is -2.07. The number of carbonyl (C=O) groups excluding carboxylic acids is 1. The normalized spacial score (nSPS) is 11.4. The van der Waals surface area contributed by atoms with E-state index in [1.165, 1.54) is 75.5 Å². The Balaban J connectivity index is 1.41. The van der Waals surface area contributed by atoms with Gasteiger partial charge in [-0.1, -0.05) is 84.5 Å². The summed E-state index contributed by atoms with van der Waals surface area (Å²) in [6, 6.07) is 7.71. The van der Waals surface area contributed by atoms with Crippen LogP contribution in [0.15, 0.2) is 36.7 Å². The minimum Gasteiger partial charge on any atom is -0.427 e. The molecule has 0 aliphatic carbocycles. The van der Waals surface area contributed by atoms with Gasteiger partial charge in [0.05, 0.1) is 5.69 Å². The maximum atomic E-state index is 12.1. The number of thiazole rings is 1. The van der Waals surface area contributed by atoms with Crippen molar-refractivity contribution in [3.63, 3.8) is 0 Å². The molecule has 0 saturated carbocycles. The zero-order valence-corrected chi connectivity index (χ0v) is 22.0. The van der Waals surface area contributed by atoms with E-state index in [2.05, 4.69) is 30.6 Å². The fraction of sp³-hybridized carbons (Fsp3) is 0.586. The van der Waals surface area contributed by atoms with Crippen LogP contribution in [0.5, 0.6) is 5.75 Å². The number of unbranched alkanes of at least 4 members (excludes halogenated alkanes) is 11. The lowest BCUT2D eigenvalue weighted by molar-refractivity contribution is -0.134. The van der Waals surface area contributed by atoms with Crippen molar-refractivity contribution in [2.24, 2.45) is 0 Å². The Morgan fingerprint density at radius 1 is 0.824 bits per heavy atom. The second-order valence-electron chi connectivity index (χ2n) is 9.40. The third-order valence-electron chi connectivity index (χ3n) is 6.35. The number of rotatable bonds is 17. The van der Waals surface area contributed by atoms with Crippen LogP contribution < -0.4 is 4.74 Å². The van der Waals surface area contributed by atoms with E-state index in [0.717, 1.165) is 35.5 Å². The molecular formula is C29H42N2O2S. The molecule has 34 heavy (non-hydrogen) atoms. The van der Waals surface area contributed by atoms with Gasteiger partial charge in [0.2, 0.25) is 0 Å². The molecule has 0 spiro atoms. The van der Waals surface area contributed by atoms with Crippen LogP contribution in [-0.2, 0) is 11.2 Å². The summed E-state index contributed by atoms with van der Waals surface area (Å²) in [5, 5.41) is 0. The molecule has 0 atom stereocenters. The Morgan fingerprint density at radius 2 is 1.44 bits per heavy atom. The number of aromatic nitrogens is 2.